The number of hydrogen-bond acceptors (Lipinski definition) is 7. The molecule has 0 atom stereocenters. The number of rotatable bonds is 7. The average molecular weight is 517 g/mol. The monoisotopic (exact) mass is 516 g/mol. The molecular weight excluding hydrogens is 491 g/mol. The van der Waals surface area contributed by atoms with Gasteiger partial charge in [0.15, 0.2) is 5.75 Å². The molecule has 10 heteroatoms. The van der Waals surface area contributed by atoms with E-state index < -0.39 is 5.97 Å². The summed E-state index contributed by atoms with van der Waals surface area (Å²) < 4.78 is 5.27. The van der Waals surface area contributed by atoms with E-state index in [0.29, 0.717) is 40.0 Å². The van der Waals surface area contributed by atoms with Crippen LogP contribution in [0.4, 0.5) is 5.69 Å². The van der Waals surface area contributed by atoms with Crippen molar-refractivity contribution in [3.8, 4) is 17.0 Å². The molecule has 4 N–H and O–H groups in total. The Bertz CT molecular complexity index is 1250. The van der Waals surface area contributed by atoms with E-state index in [1.165, 1.54) is 6.20 Å². The Kier molecular flexibility index (Phi) is 7.62. The largest absolute Gasteiger partial charge is 0.505 e. The number of carbonyl (C=O) groups excluding carboxylic acids is 2. The van der Waals surface area contributed by atoms with Crippen LogP contribution in [0.2, 0.25) is 10.0 Å². The second-order valence-corrected chi connectivity index (χ2v) is 9.47. The molecule has 2 heterocycles. The number of phenolic OH excluding ortho intramolecular Hbond substituents is 1. The topological polar surface area (TPSA) is 127 Å². The summed E-state index contributed by atoms with van der Waals surface area (Å²) in [5, 5.41) is 13.6. The molecule has 0 bridgehead atoms. The van der Waals surface area contributed by atoms with Crippen molar-refractivity contribution in [1.82, 2.24) is 9.97 Å². The maximum atomic E-state index is 12.8. The van der Waals surface area contributed by atoms with Crippen molar-refractivity contribution < 1.29 is 19.4 Å². The van der Waals surface area contributed by atoms with Crippen LogP contribution in [0.3, 0.4) is 0 Å². The molecule has 1 fully saturated rings. The van der Waals surface area contributed by atoms with E-state index in [9.17, 15) is 14.7 Å². The number of nitrogens with zero attached hydrogens (tertiary/aromatic N) is 2. The number of nitrogens with one attached hydrogen (secondary N) is 1. The summed E-state index contributed by atoms with van der Waals surface area (Å²) >= 11 is 12.2. The van der Waals surface area contributed by atoms with Crippen molar-refractivity contribution in [3.63, 3.8) is 0 Å². The summed E-state index contributed by atoms with van der Waals surface area (Å²) in [6.07, 6.45) is 5.27. The number of hydrogen-bond donors (Lipinski definition) is 3. The number of fused-ring (bicyclic) bond motifs is 1. The zero-order valence-electron chi connectivity index (χ0n) is 19.2. The molecule has 1 aromatic carbocycles. The molecule has 0 radical (unpaired) electrons. The van der Waals surface area contributed by atoms with Crippen molar-refractivity contribution >= 4 is 51.8 Å². The van der Waals surface area contributed by atoms with Gasteiger partial charge in [0.25, 0.3) is 0 Å². The Morgan fingerprint density at radius 2 is 1.86 bits per heavy atom. The fourth-order valence-corrected chi connectivity index (χ4v) is 4.94. The summed E-state index contributed by atoms with van der Waals surface area (Å²) in [5.41, 5.74) is 8.48. The number of pyridine rings is 2. The molecule has 0 unspecified atom stereocenters. The van der Waals surface area contributed by atoms with Gasteiger partial charge in [-0.3, -0.25) is 9.78 Å². The molecule has 3 aromatic rings. The van der Waals surface area contributed by atoms with Crippen LogP contribution in [0.25, 0.3) is 22.3 Å². The molecule has 8 nitrogen and oxygen atoms in total. The van der Waals surface area contributed by atoms with E-state index >= 15 is 0 Å². The van der Waals surface area contributed by atoms with Crippen LogP contribution in [0.1, 0.15) is 49.4 Å². The lowest BCUT2D eigenvalue weighted by molar-refractivity contribution is -0.119. The maximum absolute atomic E-state index is 12.8. The number of ether oxygens (including phenoxy) is 1. The van der Waals surface area contributed by atoms with Crippen LogP contribution < -0.4 is 11.1 Å². The quantitative estimate of drug-likeness (QED) is 0.362. The SMILES string of the molecule is CCOC(=O)c1cnc2ccc(-c3cc(Cl)c(O)c(Cl)c3)nc2c1NC1CCC(CC(N)=O)CC1. The molecule has 0 aliphatic heterocycles. The lowest BCUT2D eigenvalue weighted by Gasteiger charge is -2.30. The number of aromatic hydroxyl groups is 1. The van der Waals surface area contributed by atoms with E-state index in [2.05, 4.69) is 10.3 Å². The number of nitrogens with two attached hydrogens (primary N) is 1. The van der Waals surface area contributed by atoms with Gasteiger partial charge in [-0.2, -0.15) is 0 Å². The molecule has 0 saturated heterocycles. The van der Waals surface area contributed by atoms with E-state index in [-0.39, 0.29) is 40.3 Å². The third-order valence-corrected chi connectivity index (χ3v) is 6.78. The Balaban J connectivity index is 1.74. The zero-order valence-corrected chi connectivity index (χ0v) is 20.7. The summed E-state index contributed by atoms with van der Waals surface area (Å²) in [6, 6.07) is 6.81. The molecule has 1 aliphatic rings. The number of aromatic nitrogens is 2. The summed E-state index contributed by atoms with van der Waals surface area (Å²) in [6.45, 7) is 1.97. The first-order chi connectivity index (χ1) is 16.8. The highest BCUT2D eigenvalue weighted by Gasteiger charge is 2.26. The van der Waals surface area contributed by atoms with Crippen molar-refractivity contribution in [2.75, 3.05) is 11.9 Å². The van der Waals surface area contributed by atoms with Crippen LogP contribution in [-0.4, -0.2) is 39.6 Å². The molecule has 1 aliphatic carbocycles. The van der Waals surface area contributed by atoms with Gasteiger partial charge >= 0.3 is 5.97 Å². The summed E-state index contributed by atoms with van der Waals surface area (Å²) in [5.74, 6) is -0.691. The Labute approximate surface area is 212 Å². The van der Waals surface area contributed by atoms with Crippen LogP contribution >= 0.6 is 23.2 Å². The van der Waals surface area contributed by atoms with Crippen molar-refractivity contribution in [1.29, 1.82) is 0 Å². The Morgan fingerprint density at radius 3 is 2.49 bits per heavy atom. The van der Waals surface area contributed by atoms with E-state index in [1.54, 1.807) is 31.2 Å². The average Bonchev–Trinajstić information content (AvgIpc) is 2.83. The maximum Gasteiger partial charge on any atom is 0.341 e. The van der Waals surface area contributed by atoms with Crippen LogP contribution in [0.15, 0.2) is 30.5 Å². The Hall–Kier alpha value is -3.10. The minimum Gasteiger partial charge on any atom is -0.505 e. The molecule has 35 heavy (non-hydrogen) atoms. The van der Waals surface area contributed by atoms with Gasteiger partial charge < -0.3 is 20.9 Å². The van der Waals surface area contributed by atoms with Crippen molar-refractivity contribution in [2.45, 2.75) is 45.1 Å². The standard InChI is InChI=1S/C25H26Cl2N4O4/c1-2-35-25(34)16-12-29-20-8-7-19(14-10-17(26)24(33)18(27)11-14)31-23(20)22(16)30-15-5-3-13(4-6-15)9-21(28)32/h7-8,10-13,15,33H,2-6,9H2,1H3,(H2,28,32)(H,29,30). The highest BCUT2D eigenvalue weighted by atomic mass is 35.5. The molecule has 184 valence electrons. The molecular formula is C25H26Cl2N4O4. The fourth-order valence-electron chi connectivity index (χ4n) is 4.45. The lowest BCUT2D eigenvalue weighted by atomic mass is 9.84. The number of esters is 1. The number of benzene rings is 1. The lowest BCUT2D eigenvalue weighted by Crippen LogP contribution is -2.29. The van der Waals surface area contributed by atoms with Gasteiger partial charge in [-0.1, -0.05) is 23.2 Å². The van der Waals surface area contributed by atoms with Crippen molar-refractivity contribution in [2.24, 2.45) is 11.7 Å². The molecule has 0 spiro atoms. The van der Waals surface area contributed by atoms with Crippen LogP contribution in [0, 0.1) is 5.92 Å². The normalized spacial score (nSPS) is 17.8. The van der Waals surface area contributed by atoms with Crippen molar-refractivity contribution in [3.05, 3.63) is 46.1 Å². The minimum atomic E-state index is -0.491. The summed E-state index contributed by atoms with van der Waals surface area (Å²) in [7, 11) is 0. The predicted octanol–water partition coefficient (Wildman–Crippen LogP) is 5.33. The number of phenols is 1. The first-order valence-corrected chi connectivity index (χ1v) is 12.2. The van der Waals surface area contributed by atoms with Gasteiger partial charge in [0.05, 0.1) is 33.6 Å². The smallest absolute Gasteiger partial charge is 0.341 e. The van der Waals surface area contributed by atoms with Gasteiger partial charge in [-0.15, -0.1) is 0 Å². The minimum absolute atomic E-state index is 0.0842. The second-order valence-electron chi connectivity index (χ2n) is 8.65. The van der Waals surface area contributed by atoms with Gasteiger partial charge in [0, 0.05) is 24.2 Å². The van der Waals surface area contributed by atoms with Gasteiger partial charge in [-0.05, 0) is 62.8 Å². The number of primary amides is 1. The number of halogens is 2. The first-order valence-electron chi connectivity index (χ1n) is 11.5. The van der Waals surface area contributed by atoms with Gasteiger partial charge in [0.2, 0.25) is 5.91 Å². The summed E-state index contributed by atoms with van der Waals surface area (Å²) in [4.78, 5) is 33.3. The van der Waals surface area contributed by atoms with Gasteiger partial charge in [0.1, 0.15) is 11.1 Å². The van der Waals surface area contributed by atoms with E-state index in [1.807, 2.05) is 0 Å². The molecule has 1 amide bonds. The predicted molar refractivity (Wildman–Crippen MR) is 136 cm³/mol. The van der Waals surface area contributed by atoms with Crippen LogP contribution in [-0.2, 0) is 9.53 Å². The highest BCUT2D eigenvalue weighted by Crippen LogP contribution is 2.37. The number of amides is 1. The number of carbonyl (C=O) groups is 2. The number of anilines is 1. The molecule has 2 aromatic heterocycles. The first kappa shape index (κ1) is 25.0. The van der Waals surface area contributed by atoms with Gasteiger partial charge in [-0.25, -0.2) is 9.78 Å². The molecule has 4 rings (SSSR count). The third-order valence-electron chi connectivity index (χ3n) is 6.21. The second kappa shape index (κ2) is 10.7. The highest BCUT2D eigenvalue weighted by molar-refractivity contribution is 6.37. The molecule has 1 saturated carbocycles. The third kappa shape index (κ3) is 5.60. The fraction of sp³-hybridized carbons (Fsp3) is 0.360. The zero-order chi connectivity index (χ0) is 25.1. The Morgan fingerprint density at radius 1 is 1.17 bits per heavy atom. The van der Waals surface area contributed by atoms with E-state index in [4.69, 9.17) is 38.7 Å². The van der Waals surface area contributed by atoms with E-state index in [0.717, 1.165) is 25.7 Å². The van der Waals surface area contributed by atoms with Crippen LogP contribution in [0.5, 0.6) is 5.75 Å².